The number of hydrogen-bond donors (Lipinski definition) is 0. The molecule has 3 aromatic rings. The lowest BCUT2D eigenvalue weighted by Gasteiger charge is -1.96. The van der Waals surface area contributed by atoms with E-state index in [0.29, 0.717) is 5.56 Å². The molecule has 2 aromatic heterocycles. The average Bonchev–Trinajstić information content (AvgIpc) is 2.81. The number of rotatable bonds is 2. The van der Waals surface area contributed by atoms with E-state index in [1.807, 2.05) is 28.8 Å². The summed E-state index contributed by atoms with van der Waals surface area (Å²) >= 11 is 0. The Morgan fingerprint density at radius 1 is 1.17 bits per heavy atom. The number of hydrogen-bond acceptors (Lipinski definition) is 2. The fourth-order valence-corrected chi connectivity index (χ4v) is 2.02. The first kappa shape index (κ1) is 10.7. The summed E-state index contributed by atoms with van der Waals surface area (Å²) in [6, 6.07) is 11.8. The third kappa shape index (κ3) is 1.80. The SMILES string of the molecule is Cc1cccc(-c2cn3cc(C=O)ccc3n2)c1. The zero-order valence-corrected chi connectivity index (χ0v) is 10.00. The van der Waals surface area contributed by atoms with Crippen molar-refractivity contribution in [3.63, 3.8) is 0 Å². The van der Waals surface area contributed by atoms with Crippen molar-refractivity contribution in [2.45, 2.75) is 6.92 Å². The Hall–Kier alpha value is -2.42. The third-order valence-electron chi connectivity index (χ3n) is 2.92. The van der Waals surface area contributed by atoms with Gasteiger partial charge in [0.1, 0.15) is 5.65 Å². The number of pyridine rings is 1. The Kier molecular flexibility index (Phi) is 2.45. The second-order valence-corrected chi connectivity index (χ2v) is 4.34. The van der Waals surface area contributed by atoms with Gasteiger partial charge < -0.3 is 4.40 Å². The highest BCUT2D eigenvalue weighted by atomic mass is 16.1. The van der Waals surface area contributed by atoms with Crippen LogP contribution < -0.4 is 0 Å². The first-order valence-electron chi connectivity index (χ1n) is 5.77. The minimum Gasteiger partial charge on any atom is -0.306 e. The maximum absolute atomic E-state index is 10.7. The molecule has 0 radical (unpaired) electrons. The van der Waals surface area contributed by atoms with E-state index < -0.39 is 0 Å². The topological polar surface area (TPSA) is 34.4 Å². The van der Waals surface area contributed by atoms with Crippen LogP contribution in [-0.2, 0) is 0 Å². The summed E-state index contributed by atoms with van der Waals surface area (Å²) in [5.41, 5.74) is 4.71. The molecule has 0 spiro atoms. The van der Waals surface area contributed by atoms with Gasteiger partial charge in [0.05, 0.1) is 5.69 Å². The molecule has 0 amide bonds. The van der Waals surface area contributed by atoms with Crippen LogP contribution in [0.5, 0.6) is 0 Å². The number of benzene rings is 1. The van der Waals surface area contributed by atoms with Crippen LogP contribution in [0.4, 0.5) is 0 Å². The van der Waals surface area contributed by atoms with E-state index in [4.69, 9.17) is 0 Å². The largest absolute Gasteiger partial charge is 0.306 e. The Balaban J connectivity index is 2.16. The van der Waals surface area contributed by atoms with E-state index >= 15 is 0 Å². The van der Waals surface area contributed by atoms with Gasteiger partial charge in [-0.15, -0.1) is 0 Å². The van der Waals surface area contributed by atoms with E-state index in [1.54, 1.807) is 12.3 Å². The Morgan fingerprint density at radius 2 is 2.06 bits per heavy atom. The van der Waals surface area contributed by atoms with E-state index in [9.17, 15) is 4.79 Å². The molecule has 88 valence electrons. The van der Waals surface area contributed by atoms with E-state index in [-0.39, 0.29) is 0 Å². The summed E-state index contributed by atoms with van der Waals surface area (Å²) in [4.78, 5) is 15.3. The molecule has 0 fully saturated rings. The monoisotopic (exact) mass is 236 g/mol. The molecule has 0 atom stereocenters. The molecule has 18 heavy (non-hydrogen) atoms. The van der Waals surface area contributed by atoms with Crippen LogP contribution in [0.25, 0.3) is 16.9 Å². The Morgan fingerprint density at radius 3 is 2.83 bits per heavy atom. The van der Waals surface area contributed by atoms with Crippen molar-refractivity contribution in [3.05, 3.63) is 59.9 Å². The summed E-state index contributed by atoms with van der Waals surface area (Å²) < 4.78 is 1.88. The molecule has 3 rings (SSSR count). The van der Waals surface area contributed by atoms with Gasteiger partial charge in [0, 0.05) is 23.5 Å². The summed E-state index contributed by atoms with van der Waals surface area (Å²) in [6.45, 7) is 2.06. The number of nitrogens with zero attached hydrogens (tertiary/aromatic N) is 2. The van der Waals surface area contributed by atoms with Gasteiger partial charge in [-0.2, -0.15) is 0 Å². The number of carbonyl (C=O) groups excluding carboxylic acids is 1. The molecule has 0 aliphatic heterocycles. The summed E-state index contributed by atoms with van der Waals surface area (Å²) in [5, 5.41) is 0. The molecule has 1 aromatic carbocycles. The molecule has 0 unspecified atom stereocenters. The summed E-state index contributed by atoms with van der Waals surface area (Å²) in [7, 11) is 0. The van der Waals surface area contributed by atoms with Crippen LogP contribution in [0.2, 0.25) is 0 Å². The van der Waals surface area contributed by atoms with Crippen LogP contribution >= 0.6 is 0 Å². The molecule has 3 nitrogen and oxygen atoms in total. The average molecular weight is 236 g/mol. The van der Waals surface area contributed by atoms with Crippen molar-refractivity contribution in [1.29, 1.82) is 0 Å². The molecule has 0 saturated heterocycles. The maximum atomic E-state index is 10.7. The van der Waals surface area contributed by atoms with Crippen LogP contribution in [-0.4, -0.2) is 15.7 Å². The number of aromatic nitrogens is 2. The van der Waals surface area contributed by atoms with Crippen molar-refractivity contribution < 1.29 is 4.79 Å². The van der Waals surface area contributed by atoms with Crippen molar-refractivity contribution in [3.8, 4) is 11.3 Å². The van der Waals surface area contributed by atoms with Crippen LogP contribution in [0, 0.1) is 6.92 Å². The molecule has 2 heterocycles. The normalized spacial score (nSPS) is 10.7. The van der Waals surface area contributed by atoms with Gasteiger partial charge in [-0.1, -0.05) is 23.8 Å². The quantitative estimate of drug-likeness (QED) is 0.641. The molecule has 3 heteroatoms. The fraction of sp³-hybridized carbons (Fsp3) is 0.0667. The predicted molar refractivity (Wildman–Crippen MR) is 70.8 cm³/mol. The van der Waals surface area contributed by atoms with E-state index in [2.05, 4.69) is 24.0 Å². The first-order chi connectivity index (χ1) is 8.76. The molecule has 0 aliphatic carbocycles. The third-order valence-corrected chi connectivity index (χ3v) is 2.92. The molecular formula is C15H12N2O. The van der Waals surface area contributed by atoms with Crippen molar-refractivity contribution in [2.75, 3.05) is 0 Å². The van der Waals surface area contributed by atoms with Gasteiger partial charge in [0.25, 0.3) is 0 Å². The minimum atomic E-state index is 0.649. The van der Waals surface area contributed by atoms with Crippen molar-refractivity contribution in [2.24, 2.45) is 0 Å². The van der Waals surface area contributed by atoms with Gasteiger partial charge in [-0.3, -0.25) is 4.79 Å². The van der Waals surface area contributed by atoms with Gasteiger partial charge in [-0.05, 0) is 25.1 Å². The minimum absolute atomic E-state index is 0.649. The Bertz CT molecular complexity index is 728. The molecular weight excluding hydrogens is 224 g/mol. The number of aldehydes is 1. The van der Waals surface area contributed by atoms with E-state index in [0.717, 1.165) is 23.2 Å². The second-order valence-electron chi connectivity index (χ2n) is 4.34. The number of imidazole rings is 1. The maximum Gasteiger partial charge on any atom is 0.151 e. The molecule has 0 saturated carbocycles. The number of aryl methyl sites for hydroxylation is 1. The highest BCUT2D eigenvalue weighted by Gasteiger charge is 2.04. The lowest BCUT2D eigenvalue weighted by atomic mass is 10.1. The number of carbonyl (C=O) groups is 1. The predicted octanol–water partition coefficient (Wildman–Crippen LogP) is 3.12. The standard InChI is InChI=1S/C15H12N2O/c1-11-3-2-4-13(7-11)14-9-17-8-12(10-18)5-6-15(17)16-14/h2-10H,1H3. The van der Waals surface area contributed by atoms with Crippen molar-refractivity contribution in [1.82, 2.24) is 9.38 Å². The van der Waals surface area contributed by atoms with Gasteiger partial charge in [-0.25, -0.2) is 4.98 Å². The molecule has 0 N–H and O–H groups in total. The zero-order chi connectivity index (χ0) is 12.5. The highest BCUT2D eigenvalue weighted by molar-refractivity contribution is 5.75. The van der Waals surface area contributed by atoms with E-state index in [1.165, 1.54) is 5.56 Å². The van der Waals surface area contributed by atoms with Gasteiger partial charge >= 0.3 is 0 Å². The van der Waals surface area contributed by atoms with Gasteiger partial charge in [0.15, 0.2) is 6.29 Å². The van der Waals surface area contributed by atoms with Crippen LogP contribution in [0.15, 0.2) is 48.8 Å². The first-order valence-corrected chi connectivity index (χ1v) is 5.77. The highest BCUT2D eigenvalue weighted by Crippen LogP contribution is 2.20. The molecule has 0 aliphatic rings. The number of fused-ring (bicyclic) bond motifs is 1. The lowest BCUT2D eigenvalue weighted by molar-refractivity contribution is 0.112. The smallest absolute Gasteiger partial charge is 0.151 e. The zero-order valence-electron chi connectivity index (χ0n) is 10.00. The van der Waals surface area contributed by atoms with Crippen LogP contribution in [0.1, 0.15) is 15.9 Å². The van der Waals surface area contributed by atoms with Crippen molar-refractivity contribution >= 4 is 11.9 Å². The lowest BCUT2D eigenvalue weighted by Crippen LogP contribution is -1.86. The summed E-state index contributed by atoms with van der Waals surface area (Å²) in [5.74, 6) is 0. The van der Waals surface area contributed by atoms with Crippen LogP contribution in [0.3, 0.4) is 0 Å². The Labute approximate surface area is 105 Å². The summed E-state index contributed by atoms with van der Waals surface area (Å²) in [6.07, 6.45) is 4.57. The fourth-order valence-electron chi connectivity index (χ4n) is 2.02. The molecule has 0 bridgehead atoms. The van der Waals surface area contributed by atoms with Gasteiger partial charge in [0.2, 0.25) is 0 Å². The second kappa shape index (κ2) is 4.11.